The summed E-state index contributed by atoms with van der Waals surface area (Å²) in [5, 5.41) is 8.91. The van der Waals surface area contributed by atoms with Crippen LogP contribution in [0.3, 0.4) is 0 Å². The lowest BCUT2D eigenvalue weighted by atomic mass is 10.5. The molecule has 2 heterocycles. The van der Waals surface area contributed by atoms with Crippen LogP contribution in [0.25, 0.3) is 11.2 Å². The molecule has 3 nitrogen and oxygen atoms in total. The maximum Gasteiger partial charge on any atom is 0.213 e. The van der Waals surface area contributed by atoms with Crippen LogP contribution < -0.4 is 0 Å². The van der Waals surface area contributed by atoms with Gasteiger partial charge in [0.1, 0.15) is 6.26 Å². The summed E-state index contributed by atoms with van der Waals surface area (Å²) in [5.74, 6) is 0.0509. The van der Waals surface area contributed by atoms with Gasteiger partial charge in [-0.1, -0.05) is 0 Å². The van der Waals surface area contributed by atoms with Gasteiger partial charge in [0.15, 0.2) is 11.3 Å². The lowest BCUT2D eigenvalue weighted by Crippen LogP contribution is -1.48. The Bertz CT molecular complexity index is 317. The van der Waals surface area contributed by atoms with Crippen molar-refractivity contribution in [2.45, 2.75) is 0 Å². The number of hydrogen-bond acceptors (Lipinski definition) is 3. The van der Waals surface area contributed by atoms with E-state index < -0.39 is 0 Å². The van der Waals surface area contributed by atoms with Gasteiger partial charge in [0.05, 0.1) is 6.26 Å². The van der Waals surface area contributed by atoms with Crippen molar-refractivity contribution in [1.82, 2.24) is 0 Å². The average Bonchev–Trinajstić information content (AvgIpc) is 2.35. The molecule has 46 valence electrons. The first-order valence-corrected chi connectivity index (χ1v) is 2.51. The molecule has 2 rings (SSSR count). The average molecular weight is 124 g/mol. The predicted octanol–water partition coefficient (Wildman–Crippen LogP) is 1.73. The van der Waals surface area contributed by atoms with E-state index in [2.05, 4.69) is 0 Å². The molecule has 0 spiro atoms. The van der Waals surface area contributed by atoms with Crippen molar-refractivity contribution in [3.63, 3.8) is 0 Å². The second kappa shape index (κ2) is 1.31. The van der Waals surface area contributed by atoms with E-state index in [1.54, 1.807) is 6.07 Å². The third kappa shape index (κ3) is 0.455. The molecule has 0 fully saturated rings. The molecule has 2 aromatic rings. The molecular formula is C6H4O3. The molecule has 0 aliphatic carbocycles. The highest BCUT2D eigenvalue weighted by atomic mass is 16.4. The van der Waals surface area contributed by atoms with Crippen molar-refractivity contribution in [2.24, 2.45) is 0 Å². The van der Waals surface area contributed by atoms with E-state index >= 15 is 0 Å². The van der Waals surface area contributed by atoms with Crippen molar-refractivity contribution in [1.29, 1.82) is 0 Å². The fourth-order valence-electron chi connectivity index (χ4n) is 0.750. The van der Waals surface area contributed by atoms with Gasteiger partial charge in [-0.05, 0) is 0 Å². The lowest BCUT2D eigenvalue weighted by molar-refractivity contribution is 0.453. The van der Waals surface area contributed by atoms with E-state index in [1.165, 1.54) is 12.5 Å². The van der Waals surface area contributed by atoms with Crippen molar-refractivity contribution in [3.8, 4) is 5.75 Å². The standard InChI is InChI=1S/C6H4O3/c7-4-3-9-5-1-2-8-6(4)5/h1-3,7H. The summed E-state index contributed by atoms with van der Waals surface area (Å²) in [4.78, 5) is 0. The van der Waals surface area contributed by atoms with E-state index in [4.69, 9.17) is 13.9 Å². The molecule has 0 radical (unpaired) electrons. The van der Waals surface area contributed by atoms with E-state index in [9.17, 15) is 0 Å². The number of aromatic hydroxyl groups is 1. The highest BCUT2D eigenvalue weighted by molar-refractivity contribution is 5.76. The number of rotatable bonds is 0. The van der Waals surface area contributed by atoms with Crippen LogP contribution >= 0.6 is 0 Å². The predicted molar refractivity (Wildman–Crippen MR) is 30.1 cm³/mol. The molecule has 0 amide bonds. The summed E-state index contributed by atoms with van der Waals surface area (Å²) in [6.07, 6.45) is 2.71. The third-order valence-electron chi connectivity index (χ3n) is 1.16. The van der Waals surface area contributed by atoms with Crippen LogP contribution in [-0.2, 0) is 0 Å². The first-order chi connectivity index (χ1) is 4.38. The van der Waals surface area contributed by atoms with Crippen LogP contribution in [0.15, 0.2) is 27.4 Å². The third-order valence-corrected chi connectivity index (χ3v) is 1.16. The van der Waals surface area contributed by atoms with Gasteiger partial charge in [0.2, 0.25) is 5.58 Å². The van der Waals surface area contributed by atoms with E-state index in [-0.39, 0.29) is 5.75 Å². The summed E-state index contributed by atoms with van der Waals surface area (Å²) < 4.78 is 9.69. The highest BCUT2D eigenvalue weighted by Gasteiger charge is 2.04. The fourth-order valence-corrected chi connectivity index (χ4v) is 0.750. The molecule has 0 aliphatic heterocycles. The molecule has 2 aromatic heterocycles. The molecule has 9 heavy (non-hydrogen) atoms. The van der Waals surface area contributed by atoms with Gasteiger partial charge < -0.3 is 13.9 Å². The molecule has 0 unspecified atom stereocenters. The zero-order chi connectivity index (χ0) is 6.27. The van der Waals surface area contributed by atoms with Crippen LogP contribution in [0.5, 0.6) is 5.75 Å². The normalized spacial score (nSPS) is 10.7. The SMILES string of the molecule is Oc1coc2ccoc12. The molecule has 1 N–H and O–H groups in total. The minimum absolute atomic E-state index is 0.0509. The Morgan fingerprint density at radius 1 is 1.33 bits per heavy atom. The highest BCUT2D eigenvalue weighted by Crippen LogP contribution is 2.26. The number of hydrogen-bond donors (Lipinski definition) is 1. The topological polar surface area (TPSA) is 46.5 Å². The molecule has 0 aliphatic rings. The second-order valence-electron chi connectivity index (χ2n) is 1.73. The van der Waals surface area contributed by atoms with Gasteiger partial charge in [-0.15, -0.1) is 0 Å². The molecular weight excluding hydrogens is 120 g/mol. The molecule has 0 saturated carbocycles. The van der Waals surface area contributed by atoms with Gasteiger partial charge >= 0.3 is 0 Å². The summed E-state index contributed by atoms with van der Waals surface area (Å²) in [6, 6.07) is 1.65. The molecule has 0 aromatic carbocycles. The summed E-state index contributed by atoms with van der Waals surface area (Å²) >= 11 is 0. The number of fused-ring (bicyclic) bond motifs is 1. The van der Waals surface area contributed by atoms with Crippen molar-refractivity contribution >= 4 is 11.2 Å². The number of furan rings is 2. The molecule has 3 heteroatoms. The van der Waals surface area contributed by atoms with Gasteiger partial charge in [0.25, 0.3) is 0 Å². The van der Waals surface area contributed by atoms with Crippen molar-refractivity contribution in [2.75, 3.05) is 0 Å². The summed E-state index contributed by atoms with van der Waals surface area (Å²) in [6.45, 7) is 0. The first kappa shape index (κ1) is 4.49. The maximum absolute atomic E-state index is 8.91. The van der Waals surface area contributed by atoms with Gasteiger partial charge in [-0.25, -0.2) is 0 Å². The Hall–Kier alpha value is -1.38. The van der Waals surface area contributed by atoms with Gasteiger partial charge in [-0.3, -0.25) is 0 Å². The summed E-state index contributed by atoms with van der Waals surface area (Å²) in [7, 11) is 0. The van der Waals surface area contributed by atoms with Crippen LogP contribution in [0.1, 0.15) is 0 Å². The first-order valence-electron chi connectivity index (χ1n) is 2.51. The monoisotopic (exact) mass is 124 g/mol. The molecule has 0 saturated heterocycles. The van der Waals surface area contributed by atoms with Crippen LogP contribution in [0, 0.1) is 0 Å². The van der Waals surface area contributed by atoms with Crippen molar-refractivity contribution < 1.29 is 13.9 Å². The Morgan fingerprint density at radius 2 is 2.22 bits per heavy atom. The van der Waals surface area contributed by atoms with Crippen LogP contribution in [0.2, 0.25) is 0 Å². The van der Waals surface area contributed by atoms with Crippen LogP contribution in [0.4, 0.5) is 0 Å². The van der Waals surface area contributed by atoms with E-state index in [0.717, 1.165) is 0 Å². The van der Waals surface area contributed by atoms with Crippen molar-refractivity contribution in [3.05, 3.63) is 18.6 Å². The fraction of sp³-hybridized carbons (Fsp3) is 0. The molecule has 0 atom stereocenters. The zero-order valence-electron chi connectivity index (χ0n) is 4.50. The molecule has 0 bridgehead atoms. The van der Waals surface area contributed by atoms with E-state index in [0.29, 0.717) is 11.2 Å². The Kier molecular flexibility index (Phi) is 0.656. The quantitative estimate of drug-likeness (QED) is 0.581. The van der Waals surface area contributed by atoms with Gasteiger partial charge in [-0.2, -0.15) is 0 Å². The minimum Gasteiger partial charge on any atom is -0.502 e. The lowest BCUT2D eigenvalue weighted by Gasteiger charge is -1.73. The Morgan fingerprint density at radius 3 is 3.00 bits per heavy atom. The Labute approximate surface area is 50.5 Å². The zero-order valence-corrected chi connectivity index (χ0v) is 4.50. The van der Waals surface area contributed by atoms with Crippen LogP contribution in [-0.4, -0.2) is 5.11 Å². The minimum atomic E-state index is 0.0509. The Balaban J connectivity index is 2.99. The largest absolute Gasteiger partial charge is 0.502 e. The van der Waals surface area contributed by atoms with E-state index in [1.807, 2.05) is 0 Å². The smallest absolute Gasteiger partial charge is 0.213 e. The maximum atomic E-state index is 8.91. The van der Waals surface area contributed by atoms with Gasteiger partial charge in [0, 0.05) is 6.07 Å². The second-order valence-corrected chi connectivity index (χ2v) is 1.73. The summed E-state index contributed by atoms with van der Waals surface area (Å²) in [5.41, 5.74) is 0.988.